The zero-order chi connectivity index (χ0) is 17.2. The number of benzene rings is 1. The Hall–Kier alpha value is -1.64. The summed E-state index contributed by atoms with van der Waals surface area (Å²) < 4.78 is 34.4. The van der Waals surface area contributed by atoms with E-state index in [4.69, 9.17) is 16.3 Å². The molecule has 0 saturated heterocycles. The quantitative estimate of drug-likeness (QED) is 0.857. The Labute approximate surface area is 140 Å². The fraction of sp³-hybridized carbons (Fsp3) is 0.429. The van der Waals surface area contributed by atoms with Gasteiger partial charge < -0.3 is 9.30 Å². The zero-order valence-corrected chi connectivity index (χ0v) is 14.9. The average molecular weight is 359 g/mol. The first kappa shape index (κ1) is 17.7. The first-order valence-electron chi connectivity index (χ1n) is 7.01. The van der Waals surface area contributed by atoms with Crippen molar-refractivity contribution in [1.82, 2.24) is 19.5 Å². The van der Waals surface area contributed by atoms with E-state index in [1.165, 1.54) is 25.3 Å². The smallest absolute Gasteiger partial charge is 0.241 e. The summed E-state index contributed by atoms with van der Waals surface area (Å²) in [6.45, 7) is 5.65. The molecule has 1 aromatic heterocycles. The number of halogens is 1. The van der Waals surface area contributed by atoms with Crippen LogP contribution in [0.4, 0.5) is 0 Å². The number of nitrogens with one attached hydrogen (secondary N) is 1. The van der Waals surface area contributed by atoms with Crippen LogP contribution < -0.4 is 9.46 Å². The Bertz CT molecular complexity index is 789. The molecule has 9 heteroatoms. The molecule has 0 spiro atoms. The van der Waals surface area contributed by atoms with Gasteiger partial charge in [0.1, 0.15) is 12.1 Å². The highest BCUT2D eigenvalue weighted by Gasteiger charge is 2.23. The van der Waals surface area contributed by atoms with Gasteiger partial charge in [-0.15, -0.1) is 10.2 Å². The molecule has 1 aromatic carbocycles. The minimum absolute atomic E-state index is 0.0609. The van der Waals surface area contributed by atoms with Crippen LogP contribution in [0.3, 0.4) is 0 Å². The van der Waals surface area contributed by atoms with E-state index >= 15 is 0 Å². The second kappa shape index (κ2) is 6.86. The van der Waals surface area contributed by atoms with Crippen molar-refractivity contribution < 1.29 is 13.2 Å². The van der Waals surface area contributed by atoms with Crippen LogP contribution >= 0.6 is 11.6 Å². The molecule has 1 atom stereocenters. The molecule has 7 nitrogen and oxygen atoms in total. The summed E-state index contributed by atoms with van der Waals surface area (Å²) in [5.74, 6) is 0.960. The Morgan fingerprint density at radius 2 is 2.00 bits per heavy atom. The van der Waals surface area contributed by atoms with E-state index in [2.05, 4.69) is 14.9 Å². The maximum Gasteiger partial charge on any atom is 0.241 e. The SMILES string of the molecule is COc1ccc(S(=O)(=O)N[C@@H](C)c2nncn2C(C)C)cc1Cl. The van der Waals surface area contributed by atoms with Gasteiger partial charge in [-0.25, -0.2) is 13.1 Å². The third-order valence-electron chi connectivity index (χ3n) is 3.31. The van der Waals surface area contributed by atoms with Crippen molar-refractivity contribution in [2.24, 2.45) is 0 Å². The van der Waals surface area contributed by atoms with Gasteiger partial charge in [0.2, 0.25) is 10.0 Å². The highest BCUT2D eigenvalue weighted by molar-refractivity contribution is 7.89. The Balaban J connectivity index is 2.27. The standard InChI is InChI=1S/C14H19ClN4O3S/c1-9(2)19-8-16-17-14(19)10(3)18-23(20,21)11-5-6-13(22-4)12(15)7-11/h5-10,18H,1-4H3/t10-/m0/s1. The monoisotopic (exact) mass is 358 g/mol. The summed E-state index contributed by atoms with van der Waals surface area (Å²) in [6.07, 6.45) is 1.58. The van der Waals surface area contributed by atoms with Crippen molar-refractivity contribution in [2.45, 2.75) is 37.8 Å². The van der Waals surface area contributed by atoms with Crippen LogP contribution in [-0.2, 0) is 10.0 Å². The van der Waals surface area contributed by atoms with Crippen LogP contribution in [0.5, 0.6) is 5.75 Å². The van der Waals surface area contributed by atoms with Gasteiger partial charge in [-0.2, -0.15) is 0 Å². The predicted molar refractivity (Wildman–Crippen MR) is 87.1 cm³/mol. The minimum Gasteiger partial charge on any atom is -0.495 e. The molecular formula is C14H19ClN4O3S. The molecule has 23 heavy (non-hydrogen) atoms. The molecule has 0 saturated carbocycles. The third kappa shape index (κ3) is 3.82. The van der Waals surface area contributed by atoms with Crippen molar-refractivity contribution in [3.8, 4) is 5.75 Å². The van der Waals surface area contributed by atoms with E-state index in [-0.39, 0.29) is 16.0 Å². The summed E-state index contributed by atoms with van der Waals surface area (Å²) >= 11 is 5.99. The van der Waals surface area contributed by atoms with E-state index < -0.39 is 16.1 Å². The number of ether oxygens (including phenoxy) is 1. The van der Waals surface area contributed by atoms with Gasteiger partial charge in [-0.05, 0) is 39.0 Å². The van der Waals surface area contributed by atoms with Crippen LogP contribution in [0.1, 0.15) is 38.7 Å². The first-order chi connectivity index (χ1) is 10.8. The first-order valence-corrected chi connectivity index (χ1v) is 8.87. The van der Waals surface area contributed by atoms with Gasteiger partial charge in [0.05, 0.1) is 23.1 Å². The van der Waals surface area contributed by atoms with E-state index in [0.29, 0.717) is 11.6 Å². The molecule has 2 aromatic rings. The Morgan fingerprint density at radius 1 is 1.30 bits per heavy atom. The van der Waals surface area contributed by atoms with E-state index in [0.717, 1.165) is 0 Å². The maximum atomic E-state index is 12.5. The molecular weight excluding hydrogens is 340 g/mol. The molecule has 1 N–H and O–H groups in total. The number of aromatic nitrogens is 3. The second-order valence-corrected chi connectivity index (χ2v) is 7.45. The zero-order valence-electron chi connectivity index (χ0n) is 13.3. The van der Waals surface area contributed by atoms with Gasteiger partial charge in [0.25, 0.3) is 0 Å². The lowest BCUT2D eigenvalue weighted by atomic mass is 10.3. The summed E-state index contributed by atoms with van der Waals surface area (Å²) in [4.78, 5) is 0.0609. The number of hydrogen-bond donors (Lipinski definition) is 1. The number of methoxy groups -OCH3 is 1. The summed E-state index contributed by atoms with van der Waals surface area (Å²) in [7, 11) is -2.28. The van der Waals surface area contributed by atoms with Crippen molar-refractivity contribution in [3.05, 3.63) is 35.4 Å². The van der Waals surface area contributed by atoms with E-state index in [1.807, 2.05) is 18.4 Å². The Morgan fingerprint density at radius 3 is 2.57 bits per heavy atom. The lowest BCUT2D eigenvalue weighted by Crippen LogP contribution is -2.29. The lowest BCUT2D eigenvalue weighted by molar-refractivity contribution is 0.414. The van der Waals surface area contributed by atoms with Gasteiger partial charge >= 0.3 is 0 Å². The van der Waals surface area contributed by atoms with Gasteiger partial charge in [-0.3, -0.25) is 0 Å². The molecule has 0 unspecified atom stereocenters. The summed E-state index contributed by atoms with van der Waals surface area (Å²) in [5.41, 5.74) is 0. The number of sulfonamides is 1. The number of hydrogen-bond acceptors (Lipinski definition) is 5. The van der Waals surface area contributed by atoms with E-state index in [9.17, 15) is 8.42 Å². The van der Waals surface area contributed by atoms with Crippen LogP contribution in [0.25, 0.3) is 0 Å². The maximum absolute atomic E-state index is 12.5. The van der Waals surface area contributed by atoms with Crippen LogP contribution in [0.2, 0.25) is 5.02 Å². The molecule has 0 aliphatic heterocycles. The number of rotatable bonds is 6. The summed E-state index contributed by atoms with van der Waals surface area (Å²) in [6, 6.07) is 3.89. The molecule has 0 fully saturated rings. The van der Waals surface area contributed by atoms with Gasteiger partial charge in [0.15, 0.2) is 5.82 Å². The molecule has 1 heterocycles. The normalized spacial score (nSPS) is 13.3. The van der Waals surface area contributed by atoms with Crippen molar-refractivity contribution >= 4 is 21.6 Å². The van der Waals surface area contributed by atoms with Crippen LogP contribution in [0.15, 0.2) is 29.4 Å². The molecule has 0 radical (unpaired) electrons. The summed E-state index contributed by atoms with van der Waals surface area (Å²) in [5, 5.41) is 8.07. The molecule has 0 bridgehead atoms. The van der Waals surface area contributed by atoms with Crippen LogP contribution in [0, 0.1) is 0 Å². The molecule has 0 aliphatic carbocycles. The third-order valence-corrected chi connectivity index (χ3v) is 5.14. The van der Waals surface area contributed by atoms with Gasteiger partial charge in [0, 0.05) is 6.04 Å². The molecule has 2 rings (SSSR count). The van der Waals surface area contributed by atoms with Crippen molar-refractivity contribution in [3.63, 3.8) is 0 Å². The lowest BCUT2D eigenvalue weighted by Gasteiger charge is -2.17. The molecule has 0 amide bonds. The Kier molecular flexibility index (Phi) is 5.28. The second-order valence-electron chi connectivity index (χ2n) is 5.33. The van der Waals surface area contributed by atoms with E-state index in [1.54, 1.807) is 13.3 Å². The topological polar surface area (TPSA) is 86.1 Å². The molecule has 0 aliphatic rings. The predicted octanol–water partition coefficient (Wildman–Crippen LogP) is 2.56. The van der Waals surface area contributed by atoms with Crippen molar-refractivity contribution in [1.29, 1.82) is 0 Å². The van der Waals surface area contributed by atoms with Crippen LogP contribution in [-0.4, -0.2) is 30.3 Å². The highest BCUT2D eigenvalue weighted by atomic mass is 35.5. The number of nitrogens with zero attached hydrogens (tertiary/aromatic N) is 3. The van der Waals surface area contributed by atoms with Crippen molar-refractivity contribution in [2.75, 3.05) is 7.11 Å². The highest BCUT2D eigenvalue weighted by Crippen LogP contribution is 2.27. The van der Waals surface area contributed by atoms with Gasteiger partial charge in [-0.1, -0.05) is 11.6 Å². The minimum atomic E-state index is -3.75. The largest absolute Gasteiger partial charge is 0.495 e. The molecule has 126 valence electrons. The average Bonchev–Trinajstić information content (AvgIpc) is 2.96. The fourth-order valence-electron chi connectivity index (χ4n) is 2.13. The fourth-order valence-corrected chi connectivity index (χ4v) is 3.68.